The fraction of sp³-hybridized carbons (Fsp3) is 0.938. The smallest absolute Gasteiger partial charge is 0.219 e. The van der Waals surface area contributed by atoms with Crippen molar-refractivity contribution in [1.29, 1.82) is 0 Å². The van der Waals surface area contributed by atoms with Gasteiger partial charge in [0.05, 0.1) is 0 Å². The molecule has 0 aliphatic carbocycles. The maximum absolute atomic E-state index is 11.5. The summed E-state index contributed by atoms with van der Waals surface area (Å²) in [6, 6.07) is 0. The van der Waals surface area contributed by atoms with E-state index in [0.29, 0.717) is 6.42 Å². The van der Waals surface area contributed by atoms with Gasteiger partial charge < -0.3 is 10.6 Å². The molecule has 0 saturated heterocycles. The van der Waals surface area contributed by atoms with Gasteiger partial charge in [0.25, 0.3) is 0 Å². The van der Waals surface area contributed by atoms with E-state index in [4.69, 9.17) is 0 Å². The summed E-state index contributed by atoms with van der Waals surface area (Å²) >= 11 is 0. The standard InChI is InChI=1S/C16H34N2O/c1-3-5-7-9-12-16(19)18-15-11-14-17-13-10-8-6-4-2/h17H,3-15H2,1-2H3,(H,18,19). The second kappa shape index (κ2) is 15.5. The molecule has 0 atom stereocenters. The predicted octanol–water partition coefficient (Wildman–Crippen LogP) is 3.63. The van der Waals surface area contributed by atoms with E-state index in [1.807, 2.05) is 0 Å². The Bertz CT molecular complexity index is 195. The first-order valence-corrected chi connectivity index (χ1v) is 8.28. The molecule has 0 aliphatic heterocycles. The first-order chi connectivity index (χ1) is 9.31. The lowest BCUT2D eigenvalue weighted by Gasteiger charge is -2.06. The minimum Gasteiger partial charge on any atom is -0.356 e. The van der Waals surface area contributed by atoms with Gasteiger partial charge in [-0.05, 0) is 32.4 Å². The monoisotopic (exact) mass is 270 g/mol. The Kier molecular flexibility index (Phi) is 15.0. The van der Waals surface area contributed by atoms with Crippen molar-refractivity contribution in [3.63, 3.8) is 0 Å². The molecule has 1 amide bonds. The zero-order chi connectivity index (χ0) is 14.2. The zero-order valence-electron chi connectivity index (χ0n) is 13.1. The van der Waals surface area contributed by atoms with Gasteiger partial charge in [-0.15, -0.1) is 0 Å². The zero-order valence-corrected chi connectivity index (χ0v) is 13.1. The van der Waals surface area contributed by atoms with Crippen LogP contribution in [0.2, 0.25) is 0 Å². The number of amides is 1. The van der Waals surface area contributed by atoms with Gasteiger partial charge in [0.2, 0.25) is 5.91 Å². The third-order valence-electron chi connectivity index (χ3n) is 3.32. The van der Waals surface area contributed by atoms with Crippen molar-refractivity contribution in [2.45, 2.75) is 78.1 Å². The Morgan fingerprint density at radius 2 is 1.37 bits per heavy atom. The maximum atomic E-state index is 11.5. The van der Waals surface area contributed by atoms with E-state index in [1.165, 1.54) is 44.9 Å². The molecule has 0 fully saturated rings. The van der Waals surface area contributed by atoms with Crippen molar-refractivity contribution in [2.75, 3.05) is 19.6 Å². The van der Waals surface area contributed by atoms with Crippen molar-refractivity contribution < 1.29 is 4.79 Å². The van der Waals surface area contributed by atoms with E-state index in [-0.39, 0.29) is 5.91 Å². The van der Waals surface area contributed by atoms with Crippen LogP contribution >= 0.6 is 0 Å². The minimum atomic E-state index is 0.221. The molecular weight excluding hydrogens is 236 g/mol. The molecule has 0 aliphatic rings. The summed E-state index contributed by atoms with van der Waals surface area (Å²) in [5.74, 6) is 0.221. The molecule has 0 radical (unpaired) electrons. The van der Waals surface area contributed by atoms with Crippen LogP contribution in [0.1, 0.15) is 78.1 Å². The molecule has 2 N–H and O–H groups in total. The molecule has 0 saturated carbocycles. The average molecular weight is 270 g/mol. The van der Waals surface area contributed by atoms with Crippen molar-refractivity contribution >= 4 is 5.91 Å². The van der Waals surface area contributed by atoms with Crippen LogP contribution in [0.3, 0.4) is 0 Å². The number of unbranched alkanes of at least 4 members (excludes halogenated alkanes) is 6. The van der Waals surface area contributed by atoms with Gasteiger partial charge in [0, 0.05) is 13.0 Å². The maximum Gasteiger partial charge on any atom is 0.219 e. The van der Waals surface area contributed by atoms with Crippen LogP contribution in [-0.2, 0) is 4.79 Å². The Morgan fingerprint density at radius 3 is 2.05 bits per heavy atom. The molecule has 0 heterocycles. The SMILES string of the molecule is CCCCCCNCCCNC(=O)CCCCCC. The summed E-state index contributed by atoms with van der Waals surface area (Å²) in [6.07, 6.45) is 11.7. The summed E-state index contributed by atoms with van der Waals surface area (Å²) in [6.45, 7) is 7.37. The lowest BCUT2D eigenvalue weighted by Crippen LogP contribution is -2.27. The van der Waals surface area contributed by atoms with Crippen LogP contribution in [-0.4, -0.2) is 25.5 Å². The van der Waals surface area contributed by atoms with E-state index in [9.17, 15) is 4.79 Å². The Balaban J connectivity index is 3.10. The van der Waals surface area contributed by atoms with Gasteiger partial charge in [-0.1, -0.05) is 52.4 Å². The summed E-state index contributed by atoms with van der Waals surface area (Å²) in [7, 11) is 0. The molecule has 0 aromatic carbocycles. The average Bonchev–Trinajstić information content (AvgIpc) is 2.42. The van der Waals surface area contributed by atoms with Crippen LogP contribution in [0.15, 0.2) is 0 Å². The first kappa shape index (κ1) is 18.4. The van der Waals surface area contributed by atoms with Crippen LogP contribution in [0, 0.1) is 0 Å². The van der Waals surface area contributed by atoms with Gasteiger partial charge in [0.1, 0.15) is 0 Å². The van der Waals surface area contributed by atoms with Crippen molar-refractivity contribution in [1.82, 2.24) is 10.6 Å². The molecule has 0 aromatic rings. The van der Waals surface area contributed by atoms with Crippen molar-refractivity contribution in [3.8, 4) is 0 Å². The fourth-order valence-corrected chi connectivity index (χ4v) is 2.04. The van der Waals surface area contributed by atoms with E-state index in [0.717, 1.165) is 32.5 Å². The molecular formula is C16H34N2O. The van der Waals surface area contributed by atoms with E-state index in [2.05, 4.69) is 24.5 Å². The molecule has 0 bridgehead atoms. The minimum absolute atomic E-state index is 0.221. The van der Waals surface area contributed by atoms with Crippen LogP contribution in [0.25, 0.3) is 0 Å². The topological polar surface area (TPSA) is 41.1 Å². The van der Waals surface area contributed by atoms with Gasteiger partial charge in [-0.3, -0.25) is 4.79 Å². The second-order valence-corrected chi connectivity index (χ2v) is 5.32. The molecule has 19 heavy (non-hydrogen) atoms. The number of hydrogen-bond acceptors (Lipinski definition) is 2. The number of carbonyl (C=O) groups excluding carboxylic acids is 1. The summed E-state index contributed by atoms with van der Waals surface area (Å²) in [4.78, 5) is 11.5. The second-order valence-electron chi connectivity index (χ2n) is 5.32. The predicted molar refractivity (Wildman–Crippen MR) is 83.4 cm³/mol. The first-order valence-electron chi connectivity index (χ1n) is 8.28. The number of rotatable bonds is 14. The Labute approximate surface area is 119 Å². The normalized spacial score (nSPS) is 10.6. The molecule has 3 nitrogen and oxygen atoms in total. The van der Waals surface area contributed by atoms with Gasteiger partial charge in [-0.2, -0.15) is 0 Å². The van der Waals surface area contributed by atoms with Crippen molar-refractivity contribution in [3.05, 3.63) is 0 Å². The highest BCUT2D eigenvalue weighted by Gasteiger charge is 1.99. The molecule has 114 valence electrons. The summed E-state index contributed by atoms with van der Waals surface area (Å²) in [5.41, 5.74) is 0. The van der Waals surface area contributed by atoms with Crippen molar-refractivity contribution in [2.24, 2.45) is 0 Å². The summed E-state index contributed by atoms with van der Waals surface area (Å²) < 4.78 is 0. The van der Waals surface area contributed by atoms with Crippen LogP contribution in [0.4, 0.5) is 0 Å². The molecule has 0 unspecified atom stereocenters. The lowest BCUT2D eigenvalue weighted by molar-refractivity contribution is -0.121. The van der Waals surface area contributed by atoms with Gasteiger partial charge >= 0.3 is 0 Å². The Morgan fingerprint density at radius 1 is 0.737 bits per heavy atom. The third-order valence-corrected chi connectivity index (χ3v) is 3.32. The highest BCUT2D eigenvalue weighted by molar-refractivity contribution is 5.75. The van der Waals surface area contributed by atoms with E-state index in [1.54, 1.807) is 0 Å². The molecule has 0 spiro atoms. The van der Waals surface area contributed by atoms with Gasteiger partial charge in [-0.25, -0.2) is 0 Å². The largest absolute Gasteiger partial charge is 0.356 e. The number of carbonyl (C=O) groups is 1. The molecule has 0 aromatic heterocycles. The molecule has 0 rings (SSSR count). The number of hydrogen-bond donors (Lipinski definition) is 2. The van der Waals surface area contributed by atoms with Crippen LogP contribution in [0.5, 0.6) is 0 Å². The lowest BCUT2D eigenvalue weighted by atomic mass is 10.1. The quantitative estimate of drug-likeness (QED) is 0.473. The van der Waals surface area contributed by atoms with E-state index < -0.39 is 0 Å². The number of nitrogens with one attached hydrogen (secondary N) is 2. The summed E-state index contributed by atoms with van der Waals surface area (Å²) in [5, 5.41) is 6.42. The van der Waals surface area contributed by atoms with E-state index >= 15 is 0 Å². The highest BCUT2D eigenvalue weighted by atomic mass is 16.1. The molecule has 3 heteroatoms. The fourth-order valence-electron chi connectivity index (χ4n) is 2.04. The van der Waals surface area contributed by atoms with Crippen LogP contribution < -0.4 is 10.6 Å². The Hall–Kier alpha value is -0.570. The van der Waals surface area contributed by atoms with Gasteiger partial charge in [0.15, 0.2) is 0 Å². The third kappa shape index (κ3) is 15.4. The highest BCUT2D eigenvalue weighted by Crippen LogP contribution is 2.01.